The van der Waals surface area contributed by atoms with Crippen LogP contribution < -0.4 is 14.4 Å². The van der Waals surface area contributed by atoms with E-state index in [1.54, 1.807) is 38.1 Å². The third kappa shape index (κ3) is 3.93. The number of hydrogen-bond donors (Lipinski definition) is 1. The predicted octanol–water partition coefficient (Wildman–Crippen LogP) is 3.94. The summed E-state index contributed by atoms with van der Waals surface area (Å²) in [5, 5.41) is 11.0. The number of esters is 1. The Morgan fingerprint density at radius 1 is 1.11 bits per heavy atom. The van der Waals surface area contributed by atoms with E-state index in [0.717, 1.165) is 16.2 Å². The van der Waals surface area contributed by atoms with Crippen molar-refractivity contribution < 1.29 is 38.1 Å². The van der Waals surface area contributed by atoms with Crippen molar-refractivity contribution in [1.29, 1.82) is 0 Å². The van der Waals surface area contributed by atoms with Crippen LogP contribution in [-0.4, -0.2) is 49.1 Å². The maximum atomic E-state index is 13.5. The molecule has 0 aliphatic carbocycles. The van der Waals surface area contributed by atoms with Crippen LogP contribution in [0.2, 0.25) is 0 Å². The summed E-state index contributed by atoms with van der Waals surface area (Å²) < 4.78 is 21.2. The Hall–Kier alpha value is -4.12. The zero-order valence-electron chi connectivity index (χ0n) is 19.6. The molecule has 1 atom stereocenters. The van der Waals surface area contributed by atoms with Gasteiger partial charge in [0.05, 0.1) is 32.6 Å². The number of aliphatic hydroxyl groups excluding tert-OH is 1. The fourth-order valence-electron chi connectivity index (χ4n) is 3.91. The molecule has 0 saturated carbocycles. The minimum absolute atomic E-state index is 0.0452. The highest BCUT2D eigenvalue weighted by Crippen LogP contribution is 2.48. The van der Waals surface area contributed by atoms with E-state index in [9.17, 15) is 19.5 Å². The SMILES string of the molecule is COC(=O)c1sc(N2C(=O)C(O)=C(C(=O)c3ccc(C)o3)C2c2cccc(OC)c2OC)nc1C. The first kappa shape index (κ1) is 24.0. The number of ketones is 1. The molecule has 0 bridgehead atoms. The van der Waals surface area contributed by atoms with Crippen molar-refractivity contribution in [3.8, 4) is 11.5 Å². The molecule has 35 heavy (non-hydrogen) atoms. The molecule has 2 aromatic heterocycles. The van der Waals surface area contributed by atoms with Gasteiger partial charge in [-0.25, -0.2) is 9.78 Å². The molecule has 0 spiro atoms. The number of para-hydroxylation sites is 1. The minimum Gasteiger partial charge on any atom is -0.503 e. The lowest BCUT2D eigenvalue weighted by molar-refractivity contribution is -0.117. The van der Waals surface area contributed by atoms with E-state index in [0.29, 0.717) is 22.8 Å². The highest BCUT2D eigenvalue weighted by Gasteiger charge is 2.48. The number of aryl methyl sites for hydroxylation is 2. The number of ether oxygens (including phenoxy) is 3. The van der Waals surface area contributed by atoms with Crippen LogP contribution >= 0.6 is 11.3 Å². The molecule has 182 valence electrons. The summed E-state index contributed by atoms with van der Waals surface area (Å²) in [5.74, 6) is -1.86. The number of furan rings is 1. The summed E-state index contributed by atoms with van der Waals surface area (Å²) >= 11 is 0.906. The Labute approximate surface area is 204 Å². The number of benzene rings is 1. The smallest absolute Gasteiger partial charge is 0.350 e. The van der Waals surface area contributed by atoms with Gasteiger partial charge in [-0.1, -0.05) is 23.5 Å². The number of aliphatic hydroxyl groups is 1. The van der Waals surface area contributed by atoms with Crippen LogP contribution in [0.15, 0.2) is 46.1 Å². The molecule has 3 heterocycles. The molecule has 4 rings (SSSR count). The molecule has 1 N–H and O–H groups in total. The Kier molecular flexibility index (Phi) is 6.35. The van der Waals surface area contributed by atoms with Gasteiger partial charge in [-0.15, -0.1) is 0 Å². The maximum Gasteiger partial charge on any atom is 0.350 e. The summed E-state index contributed by atoms with van der Waals surface area (Å²) in [6, 6.07) is 6.89. The number of rotatable bonds is 7. The normalized spacial score (nSPS) is 15.5. The highest BCUT2D eigenvalue weighted by atomic mass is 32.1. The van der Waals surface area contributed by atoms with Crippen molar-refractivity contribution >= 4 is 34.1 Å². The molecule has 3 aromatic rings. The van der Waals surface area contributed by atoms with Gasteiger partial charge in [0.15, 0.2) is 28.1 Å². The van der Waals surface area contributed by atoms with E-state index in [1.807, 2.05) is 0 Å². The minimum atomic E-state index is -1.15. The Morgan fingerprint density at radius 3 is 2.46 bits per heavy atom. The molecule has 1 aromatic carbocycles. The molecule has 1 aliphatic rings. The van der Waals surface area contributed by atoms with Crippen LogP contribution in [0.4, 0.5) is 5.13 Å². The van der Waals surface area contributed by atoms with E-state index < -0.39 is 29.5 Å². The average molecular weight is 499 g/mol. The second kappa shape index (κ2) is 9.26. The van der Waals surface area contributed by atoms with Crippen molar-refractivity contribution in [1.82, 2.24) is 4.98 Å². The molecule has 0 saturated heterocycles. The highest BCUT2D eigenvalue weighted by molar-refractivity contribution is 7.17. The van der Waals surface area contributed by atoms with E-state index >= 15 is 0 Å². The first-order valence-corrected chi connectivity index (χ1v) is 11.2. The summed E-state index contributed by atoms with van der Waals surface area (Å²) in [6.07, 6.45) is 0. The lowest BCUT2D eigenvalue weighted by Gasteiger charge is -2.26. The van der Waals surface area contributed by atoms with Gasteiger partial charge in [0.2, 0.25) is 5.78 Å². The van der Waals surface area contributed by atoms with E-state index in [-0.39, 0.29) is 27.1 Å². The van der Waals surface area contributed by atoms with E-state index in [2.05, 4.69) is 4.98 Å². The van der Waals surface area contributed by atoms with Crippen molar-refractivity contribution in [2.75, 3.05) is 26.2 Å². The van der Waals surface area contributed by atoms with Crippen LogP contribution in [0.3, 0.4) is 0 Å². The monoisotopic (exact) mass is 498 g/mol. The van der Waals surface area contributed by atoms with Crippen molar-refractivity contribution in [2.24, 2.45) is 0 Å². The Morgan fingerprint density at radius 2 is 1.86 bits per heavy atom. The number of anilines is 1. The van der Waals surface area contributed by atoms with Gasteiger partial charge in [-0.3, -0.25) is 14.5 Å². The molecule has 0 radical (unpaired) electrons. The molecule has 1 amide bonds. The fourth-order valence-corrected chi connectivity index (χ4v) is 4.92. The number of nitrogens with zero attached hydrogens (tertiary/aromatic N) is 2. The van der Waals surface area contributed by atoms with Crippen LogP contribution in [0.5, 0.6) is 11.5 Å². The average Bonchev–Trinajstić information content (AvgIpc) is 3.53. The maximum absolute atomic E-state index is 13.5. The Balaban J connectivity index is 1.95. The number of hydrogen-bond acceptors (Lipinski definition) is 10. The number of carbonyl (C=O) groups is 3. The van der Waals surface area contributed by atoms with Crippen LogP contribution in [0.25, 0.3) is 0 Å². The fraction of sp³-hybridized carbons (Fsp3) is 0.250. The van der Waals surface area contributed by atoms with Gasteiger partial charge < -0.3 is 23.7 Å². The number of aromatic nitrogens is 1. The van der Waals surface area contributed by atoms with E-state index in [4.69, 9.17) is 18.6 Å². The molecule has 0 fully saturated rings. The summed E-state index contributed by atoms with van der Waals surface area (Å²) in [4.78, 5) is 44.8. The van der Waals surface area contributed by atoms with Gasteiger partial charge in [0.1, 0.15) is 16.7 Å². The standard InChI is InChI=1S/C24H22N2O8S/c1-11-9-10-14(34-11)18(27)16-17(13-7-6-8-15(31-3)20(13)32-4)26(22(29)19(16)28)24-25-12(2)21(35-24)23(30)33-5/h6-10,17,28H,1-5H3. The number of amides is 1. The van der Waals surface area contributed by atoms with Gasteiger partial charge in [0.25, 0.3) is 5.91 Å². The van der Waals surface area contributed by atoms with Crippen molar-refractivity contribution in [3.05, 3.63) is 69.3 Å². The van der Waals surface area contributed by atoms with Gasteiger partial charge >= 0.3 is 5.97 Å². The number of thiazole rings is 1. The molecule has 10 nitrogen and oxygen atoms in total. The molecule has 1 aliphatic heterocycles. The summed E-state index contributed by atoms with van der Waals surface area (Å²) in [5.41, 5.74) is 0.480. The summed E-state index contributed by atoms with van der Waals surface area (Å²) in [7, 11) is 4.12. The van der Waals surface area contributed by atoms with Crippen LogP contribution in [0.1, 0.15) is 43.3 Å². The zero-order valence-corrected chi connectivity index (χ0v) is 20.4. The van der Waals surface area contributed by atoms with Crippen LogP contribution in [0, 0.1) is 13.8 Å². The quantitative estimate of drug-likeness (QED) is 0.380. The van der Waals surface area contributed by atoms with Crippen molar-refractivity contribution in [2.45, 2.75) is 19.9 Å². The van der Waals surface area contributed by atoms with Gasteiger partial charge in [-0.05, 0) is 32.0 Å². The van der Waals surface area contributed by atoms with Crippen molar-refractivity contribution in [3.63, 3.8) is 0 Å². The van der Waals surface area contributed by atoms with Crippen LogP contribution in [-0.2, 0) is 9.53 Å². The Bertz CT molecular complexity index is 1370. The molecular formula is C24H22N2O8S. The number of methoxy groups -OCH3 is 3. The lowest BCUT2D eigenvalue weighted by Crippen LogP contribution is -2.31. The first-order valence-electron chi connectivity index (χ1n) is 10.4. The van der Waals surface area contributed by atoms with Gasteiger partial charge in [-0.2, -0.15) is 0 Å². The molecular weight excluding hydrogens is 476 g/mol. The second-order valence-corrected chi connectivity index (χ2v) is 8.54. The number of Topliss-reactive ketones (excluding diaryl/α,β-unsaturated/α-hetero) is 1. The largest absolute Gasteiger partial charge is 0.503 e. The van der Waals surface area contributed by atoms with E-state index in [1.165, 1.54) is 27.4 Å². The predicted molar refractivity (Wildman–Crippen MR) is 125 cm³/mol. The van der Waals surface area contributed by atoms with Gasteiger partial charge in [0, 0.05) is 5.56 Å². The first-order chi connectivity index (χ1) is 16.7. The molecule has 11 heteroatoms. The lowest BCUT2D eigenvalue weighted by atomic mass is 9.94. The topological polar surface area (TPSA) is 128 Å². The third-order valence-corrected chi connectivity index (χ3v) is 6.64. The zero-order chi connectivity index (χ0) is 25.4. The molecule has 1 unspecified atom stereocenters. The third-order valence-electron chi connectivity index (χ3n) is 5.51. The summed E-state index contributed by atoms with van der Waals surface area (Å²) in [6.45, 7) is 3.27. The number of carbonyl (C=O) groups excluding carboxylic acids is 3. The second-order valence-electron chi connectivity index (χ2n) is 7.56.